The van der Waals surface area contributed by atoms with E-state index >= 15 is 0 Å². The van der Waals surface area contributed by atoms with Gasteiger partial charge in [-0.2, -0.15) is 0 Å². The zero-order valence-corrected chi connectivity index (χ0v) is 14.5. The zero-order valence-electron chi connectivity index (χ0n) is 14.5. The zero-order chi connectivity index (χ0) is 17.8. The first-order chi connectivity index (χ1) is 12.1. The quantitative estimate of drug-likeness (QED) is 0.848. The predicted octanol–water partition coefficient (Wildman–Crippen LogP) is 0.998. The summed E-state index contributed by atoms with van der Waals surface area (Å²) in [6, 6.07) is 6.95. The molecule has 1 aromatic carbocycles. The molecule has 1 aromatic heterocycles. The minimum Gasteiger partial charge on any atom is -0.354 e. The number of carbonyl (C=O) groups excluding carboxylic acids is 2. The van der Waals surface area contributed by atoms with Crippen LogP contribution >= 0.6 is 0 Å². The van der Waals surface area contributed by atoms with E-state index in [-0.39, 0.29) is 24.0 Å². The number of nitrogens with one attached hydrogen (secondary N) is 2. The highest BCUT2D eigenvalue weighted by atomic mass is 16.2. The van der Waals surface area contributed by atoms with E-state index in [1.54, 1.807) is 4.57 Å². The largest absolute Gasteiger partial charge is 0.354 e. The molecule has 0 saturated carbocycles. The van der Waals surface area contributed by atoms with Gasteiger partial charge in [0.25, 0.3) is 0 Å². The molecular formula is C18H24N4O3. The summed E-state index contributed by atoms with van der Waals surface area (Å²) < 4.78 is 3.18. The Balaban J connectivity index is 1.82. The number of benzene rings is 1. The Morgan fingerprint density at radius 1 is 1.20 bits per heavy atom. The monoisotopic (exact) mass is 344 g/mol. The molecular weight excluding hydrogens is 320 g/mol. The van der Waals surface area contributed by atoms with E-state index in [1.807, 2.05) is 31.2 Å². The Morgan fingerprint density at radius 3 is 2.64 bits per heavy atom. The summed E-state index contributed by atoms with van der Waals surface area (Å²) in [5.41, 5.74) is 1.37. The van der Waals surface area contributed by atoms with Crippen LogP contribution in [0.4, 0.5) is 0 Å². The number of nitrogens with zero attached hydrogens (tertiary/aromatic N) is 2. The summed E-state index contributed by atoms with van der Waals surface area (Å²) in [6.07, 6.45) is 3.27. The molecule has 1 atom stereocenters. The Morgan fingerprint density at radius 2 is 1.92 bits per heavy atom. The van der Waals surface area contributed by atoms with Crippen molar-refractivity contribution in [1.29, 1.82) is 0 Å². The maximum absolute atomic E-state index is 12.7. The first-order valence-corrected chi connectivity index (χ1v) is 8.87. The number of aromatic nitrogens is 2. The first-order valence-electron chi connectivity index (χ1n) is 8.87. The van der Waals surface area contributed by atoms with E-state index in [2.05, 4.69) is 10.6 Å². The summed E-state index contributed by atoms with van der Waals surface area (Å²) >= 11 is 0. The topological polar surface area (TPSA) is 85.1 Å². The summed E-state index contributed by atoms with van der Waals surface area (Å²) in [5.74, 6) is -0.463. The van der Waals surface area contributed by atoms with Crippen LogP contribution in [0, 0.1) is 0 Å². The Kier molecular flexibility index (Phi) is 5.21. The molecule has 7 heteroatoms. The van der Waals surface area contributed by atoms with Gasteiger partial charge in [-0.25, -0.2) is 4.79 Å². The number of amides is 2. The fourth-order valence-corrected chi connectivity index (χ4v) is 3.33. The molecule has 7 nitrogen and oxygen atoms in total. The Hall–Kier alpha value is -2.57. The lowest BCUT2D eigenvalue weighted by Crippen LogP contribution is -2.47. The second-order valence-electron chi connectivity index (χ2n) is 6.42. The van der Waals surface area contributed by atoms with Crippen LogP contribution in [0.25, 0.3) is 11.0 Å². The third kappa shape index (κ3) is 3.60. The van der Waals surface area contributed by atoms with Crippen molar-refractivity contribution in [2.75, 3.05) is 6.54 Å². The van der Waals surface area contributed by atoms with E-state index in [0.29, 0.717) is 19.5 Å². The molecule has 0 radical (unpaired) electrons. The molecule has 2 N–H and O–H groups in total. The van der Waals surface area contributed by atoms with Crippen molar-refractivity contribution in [1.82, 2.24) is 19.8 Å². The van der Waals surface area contributed by atoms with E-state index in [4.69, 9.17) is 0 Å². The molecule has 1 unspecified atom stereocenters. The molecule has 25 heavy (non-hydrogen) atoms. The van der Waals surface area contributed by atoms with Crippen LogP contribution in [0.1, 0.15) is 32.6 Å². The second kappa shape index (κ2) is 7.55. The molecule has 1 aliphatic heterocycles. The van der Waals surface area contributed by atoms with Gasteiger partial charge in [-0.1, -0.05) is 19.1 Å². The van der Waals surface area contributed by atoms with Crippen LogP contribution in [-0.4, -0.2) is 33.5 Å². The number of rotatable bonds is 5. The minimum absolute atomic E-state index is 0.0835. The molecule has 134 valence electrons. The van der Waals surface area contributed by atoms with Gasteiger partial charge in [-0.3, -0.25) is 18.7 Å². The van der Waals surface area contributed by atoms with E-state index < -0.39 is 6.04 Å². The summed E-state index contributed by atoms with van der Waals surface area (Å²) in [4.78, 5) is 37.1. The maximum Gasteiger partial charge on any atom is 0.329 e. The van der Waals surface area contributed by atoms with Crippen LogP contribution in [-0.2, 0) is 22.7 Å². The van der Waals surface area contributed by atoms with E-state index in [1.165, 1.54) is 4.57 Å². The van der Waals surface area contributed by atoms with Crippen molar-refractivity contribution in [2.24, 2.45) is 0 Å². The third-order valence-electron chi connectivity index (χ3n) is 4.54. The van der Waals surface area contributed by atoms with Crippen molar-refractivity contribution in [3.63, 3.8) is 0 Å². The fraction of sp³-hybridized carbons (Fsp3) is 0.500. The molecule has 1 saturated heterocycles. The van der Waals surface area contributed by atoms with Gasteiger partial charge in [0.1, 0.15) is 12.6 Å². The standard InChI is InChI=1S/C18H24N4O3/c1-2-11-21-14-8-3-4-9-15(14)22(18(21)25)12-16(23)20-13-7-5-6-10-19-17(13)24/h3-4,8-9,13H,2,5-7,10-12H2,1H3,(H,19,24)(H,20,23). The fourth-order valence-electron chi connectivity index (χ4n) is 3.33. The lowest BCUT2D eigenvalue weighted by atomic mass is 10.1. The Labute approximate surface area is 146 Å². The van der Waals surface area contributed by atoms with Crippen molar-refractivity contribution < 1.29 is 9.59 Å². The van der Waals surface area contributed by atoms with Gasteiger partial charge in [-0.05, 0) is 37.8 Å². The number of fused-ring (bicyclic) bond motifs is 1. The van der Waals surface area contributed by atoms with Gasteiger partial charge < -0.3 is 10.6 Å². The molecule has 1 fully saturated rings. The minimum atomic E-state index is -0.519. The SMILES string of the molecule is CCCn1c(=O)n(CC(=O)NC2CCCCNC2=O)c2ccccc21. The van der Waals surface area contributed by atoms with E-state index in [0.717, 1.165) is 30.3 Å². The van der Waals surface area contributed by atoms with Crippen LogP contribution in [0.3, 0.4) is 0 Å². The number of hydrogen-bond donors (Lipinski definition) is 2. The molecule has 0 spiro atoms. The number of imidazole rings is 1. The van der Waals surface area contributed by atoms with Crippen molar-refractivity contribution in [2.45, 2.75) is 51.7 Å². The van der Waals surface area contributed by atoms with Gasteiger partial charge in [0, 0.05) is 13.1 Å². The molecule has 2 aromatic rings. The van der Waals surface area contributed by atoms with Crippen LogP contribution in [0.15, 0.2) is 29.1 Å². The van der Waals surface area contributed by atoms with E-state index in [9.17, 15) is 14.4 Å². The molecule has 0 bridgehead atoms. The van der Waals surface area contributed by atoms with Gasteiger partial charge in [0.2, 0.25) is 11.8 Å². The average Bonchev–Trinajstić information content (AvgIpc) is 2.73. The van der Waals surface area contributed by atoms with Crippen molar-refractivity contribution >= 4 is 22.8 Å². The van der Waals surface area contributed by atoms with Gasteiger partial charge >= 0.3 is 5.69 Å². The van der Waals surface area contributed by atoms with Crippen molar-refractivity contribution in [3.8, 4) is 0 Å². The van der Waals surface area contributed by atoms with Gasteiger partial charge in [0.05, 0.1) is 11.0 Å². The third-order valence-corrected chi connectivity index (χ3v) is 4.54. The lowest BCUT2D eigenvalue weighted by molar-refractivity contribution is -0.129. The summed E-state index contributed by atoms with van der Waals surface area (Å²) in [5, 5.41) is 5.57. The number of aryl methyl sites for hydroxylation is 1. The summed E-state index contributed by atoms with van der Waals surface area (Å²) in [6.45, 7) is 3.18. The summed E-state index contributed by atoms with van der Waals surface area (Å²) in [7, 11) is 0. The maximum atomic E-state index is 12.7. The number of carbonyl (C=O) groups is 2. The Bertz CT molecular complexity index is 836. The second-order valence-corrected chi connectivity index (χ2v) is 6.42. The lowest BCUT2D eigenvalue weighted by Gasteiger charge is -2.15. The molecule has 1 aliphatic rings. The molecule has 0 aliphatic carbocycles. The smallest absolute Gasteiger partial charge is 0.329 e. The van der Waals surface area contributed by atoms with Gasteiger partial charge in [-0.15, -0.1) is 0 Å². The van der Waals surface area contributed by atoms with Crippen molar-refractivity contribution in [3.05, 3.63) is 34.7 Å². The number of para-hydroxylation sites is 2. The van der Waals surface area contributed by atoms with Crippen LogP contribution in [0.5, 0.6) is 0 Å². The van der Waals surface area contributed by atoms with Crippen LogP contribution in [0.2, 0.25) is 0 Å². The predicted molar refractivity (Wildman–Crippen MR) is 95.3 cm³/mol. The highest BCUT2D eigenvalue weighted by Gasteiger charge is 2.23. The number of hydrogen-bond acceptors (Lipinski definition) is 3. The molecule has 2 heterocycles. The highest BCUT2D eigenvalue weighted by Crippen LogP contribution is 2.13. The van der Waals surface area contributed by atoms with Gasteiger partial charge in [0.15, 0.2) is 0 Å². The van der Waals surface area contributed by atoms with Crippen LogP contribution < -0.4 is 16.3 Å². The highest BCUT2D eigenvalue weighted by molar-refractivity contribution is 5.88. The normalized spacial score (nSPS) is 18.0. The molecule has 2 amide bonds. The first kappa shape index (κ1) is 17.3. The molecule has 3 rings (SSSR count). The average molecular weight is 344 g/mol.